The van der Waals surface area contributed by atoms with Crippen molar-refractivity contribution in [2.24, 2.45) is 5.92 Å². The molecule has 0 bridgehead atoms. The molecule has 120 valence electrons. The monoisotopic (exact) mass is 306 g/mol. The molecule has 6 heteroatoms. The molecular weight excluding hydrogens is 284 g/mol. The Balaban J connectivity index is 1.76. The number of hydrogen-bond acceptors (Lipinski definition) is 3. The number of rotatable bonds is 5. The summed E-state index contributed by atoms with van der Waals surface area (Å²) in [6.07, 6.45) is 1.19. The van der Waals surface area contributed by atoms with E-state index in [0.29, 0.717) is 19.5 Å². The Hall–Kier alpha value is -2.24. The molecule has 2 N–H and O–H groups in total. The predicted molar refractivity (Wildman–Crippen MR) is 81.9 cm³/mol. The summed E-state index contributed by atoms with van der Waals surface area (Å²) in [7, 11) is 0. The second-order valence-electron chi connectivity index (χ2n) is 5.55. The fourth-order valence-corrected chi connectivity index (χ4v) is 2.48. The van der Waals surface area contributed by atoms with Crippen molar-refractivity contribution in [2.45, 2.75) is 25.9 Å². The minimum Gasteiger partial charge on any atom is -0.489 e. The van der Waals surface area contributed by atoms with Crippen LogP contribution >= 0.6 is 0 Å². The van der Waals surface area contributed by atoms with Gasteiger partial charge >= 0.3 is 12.0 Å². The number of para-hydroxylation sites is 1. The molecule has 0 aromatic heterocycles. The number of amides is 2. The van der Waals surface area contributed by atoms with E-state index in [4.69, 9.17) is 9.84 Å². The van der Waals surface area contributed by atoms with Gasteiger partial charge < -0.3 is 20.1 Å². The van der Waals surface area contributed by atoms with E-state index in [1.807, 2.05) is 37.3 Å². The number of carbonyl (C=O) groups excluding carboxylic acids is 1. The molecular formula is C16H22N2O4. The van der Waals surface area contributed by atoms with Crippen LogP contribution in [0.2, 0.25) is 0 Å². The lowest BCUT2D eigenvalue weighted by Gasteiger charge is -2.31. The van der Waals surface area contributed by atoms with Crippen molar-refractivity contribution >= 4 is 12.0 Å². The van der Waals surface area contributed by atoms with Gasteiger partial charge in [0, 0.05) is 13.1 Å². The van der Waals surface area contributed by atoms with Gasteiger partial charge in [0.05, 0.1) is 12.5 Å². The quantitative estimate of drug-likeness (QED) is 0.871. The van der Waals surface area contributed by atoms with Gasteiger partial charge in [-0.1, -0.05) is 18.2 Å². The number of aliphatic carboxylic acids is 1. The summed E-state index contributed by atoms with van der Waals surface area (Å²) in [5, 5.41) is 11.8. The number of nitrogens with one attached hydrogen (secondary N) is 1. The van der Waals surface area contributed by atoms with Crippen LogP contribution in [0.25, 0.3) is 0 Å². The standard InChI is InChI=1S/C16H22N2O4/c1-12(22-14-7-3-2-4-8-14)10-17-16(21)18-9-5-6-13(11-18)15(19)20/h2-4,7-8,12-13H,5-6,9-11H2,1H3,(H,17,21)(H,19,20). The smallest absolute Gasteiger partial charge is 0.317 e. The summed E-state index contributed by atoms with van der Waals surface area (Å²) < 4.78 is 5.68. The van der Waals surface area contributed by atoms with Gasteiger partial charge in [-0.2, -0.15) is 0 Å². The van der Waals surface area contributed by atoms with Gasteiger partial charge in [-0.15, -0.1) is 0 Å². The normalized spacial score (nSPS) is 19.3. The molecule has 6 nitrogen and oxygen atoms in total. The Bertz CT molecular complexity index is 506. The third kappa shape index (κ3) is 4.65. The molecule has 1 aliphatic heterocycles. The van der Waals surface area contributed by atoms with Gasteiger partial charge in [-0.25, -0.2) is 4.79 Å². The second-order valence-corrected chi connectivity index (χ2v) is 5.55. The van der Waals surface area contributed by atoms with E-state index >= 15 is 0 Å². The van der Waals surface area contributed by atoms with Crippen molar-refractivity contribution in [3.63, 3.8) is 0 Å². The zero-order valence-electron chi connectivity index (χ0n) is 12.7. The molecule has 1 heterocycles. The van der Waals surface area contributed by atoms with Crippen LogP contribution in [0.1, 0.15) is 19.8 Å². The van der Waals surface area contributed by atoms with E-state index in [0.717, 1.165) is 12.2 Å². The van der Waals surface area contributed by atoms with Crippen LogP contribution in [0.4, 0.5) is 4.79 Å². The lowest BCUT2D eigenvalue weighted by atomic mass is 9.99. The zero-order valence-corrected chi connectivity index (χ0v) is 12.7. The molecule has 0 spiro atoms. The fourth-order valence-electron chi connectivity index (χ4n) is 2.48. The van der Waals surface area contributed by atoms with Crippen molar-refractivity contribution in [3.05, 3.63) is 30.3 Å². The Kier molecular flexibility index (Phi) is 5.63. The highest BCUT2D eigenvalue weighted by Gasteiger charge is 2.28. The number of hydrogen-bond donors (Lipinski definition) is 2. The zero-order chi connectivity index (χ0) is 15.9. The number of urea groups is 1. The summed E-state index contributed by atoms with van der Waals surface area (Å²) in [5.41, 5.74) is 0. The van der Waals surface area contributed by atoms with Crippen LogP contribution in [0.3, 0.4) is 0 Å². The minimum absolute atomic E-state index is 0.161. The fraction of sp³-hybridized carbons (Fsp3) is 0.500. The average Bonchev–Trinajstić information content (AvgIpc) is 2.53. The van der Waals surface area contributed by atoms with Crippen molar-refractivity contribution < 1.29 is 19.4 Å². The molecule has 2 unspecified atom stereocenters. The Morgan fingerprint density at radius 1 is 1.41 bits per heavy atom. The van der Waals surface area contributed by atoms with Crippen LogP contribution in [0, 0.1) is 5.92 Å². The third-order valence-electron chi connectivity index (χ3n) is 3.68. The molecule has 1 aromatic rings. The largest absolute Gasteiger partial charge is 0.489 e. The highest BCUT2D eigenvalue weighted by Crippen LogP contribution is 2.16. The van der Waals surface area contributed by atoms with E-state index in [1.54, 1.807) is 4.90 Å². The first-order valence-corrected chi connectivity index (χ1v) is 7.53. The minimum atomic E-state index is -0.835. The van der Waals surface area contributed by atoms with E-state index in [2.05, 4.69) is 5.32 Å². The van der Waals surface area contributed by atoms with Gasteiger partial charge in [0.2, 0.25) is 0 Å². The number of piperidine rings is 1. The van der Waals surface area contributed by atoms with E-state index in [-0.39, 0.29) is 18.7 Å². The maximum atomic E-state index is 12.1. The third-order valence-corrected chi connectivity index (χ3v) is 3.68. The lowest BCUT2D eigenvalue weighted by molar-refractivity contribution is -0.143. The topological polar surface area (TPSA) is 78.9 Å². The highest BCUT2D eigenvalue weighted by atomic mass is 16.5. The van der Waals surface area contributed by atoms with Crippen LogP contribution in [-0.2, 0) is 4.79 Å². The van der Waals surface area contributed by atoms with E-state index in [9.17, 15) is 9.59 Å². The first-order chi connectivity index (χ1) is 10.6. The molecule has 1 aliphatic rings. The molecule has 2 amide bonds. The van der Waals surface area contributed by atoms with Gasteiger partial charge in [0.25, 0.3) is 0 Å². The van der Waals surface area contributed by atoms with Gasteiger partial charge in [0.15, 0.2) is 0 Å². The van der Waals surface area contributed by atoms with Crippen LogP contribution in [0.5, 0.6) is 5.75 Å². The molecule has 2 atom stereocenters. The SMILES string of the molecule is CC(CNC(=O)N1CCCC(C(=O)O)C1)Oc1ccccc1. The molecule has 1 fully saturated rings. The molecule has 0 saturated carbocycles. The first-order valence-electron chi connectivity index (χ1n) is 7.53. The number of likely N-dealkylation sites (tertiary alicyclic amines) is 1. The second kappa shape index (κ2) is 7.68. The Morgan fingerprint density at radius 2 is 2.14 bits per heavy atom. The predicted octanol–water partition coefficient (Wildman–Crippen LogP) is 1.96. The number of carboxylic acids is 1. The molecule has 1 saturated heterocycles. The summed E-state index contributed by atoms with van der Waals surface area (Å²) in [5.74, 6) is -0.538. The van der Waals surface area contributed by atoms with Crippen molar-refractivity contribution in [3.8, 4) is 5.75 Å². The van der Waals surface area contributed by atoms with E-state index in [1.165, 1.54) is 0 Å². The summed E-state index contributed by atoms with van der Waals surface area (Å²) in [6, 6.07) is 9.19. The summed E-state index contributed by atoms with van der Waals surface area (Å²) >= 11 is 0. The maximum Gasteiger partial charge on any atom is 0.317 e. The van der Waals surface area contributed by atoms with Crippen LogP contribution < -0.4 is 10.1 Å². The summed E-state index contributed by atoms with van der Waals surface area (Å²) in [4.78, 5) is 24.7. The number of benzene rings is 1. The van der Waals surface area contributed by atoms with Crippen molar-refractivity contribution in [1.82, 2.24) is 10.2 Å². The number of nitrogens with zero attached hydrogens (tertiary/aromatic N) is 1. The Labute approximate surface area is 130 Å². The molecule has 2 rings (SSSR count). The molecule has 1 aromatic carbocycles. The number of carbonyl (C=O) groups is 2. The molecule has 0 radical (unpaired) electrons. The average molecular weight is 306 g/mol. The van der Waals surface area contributed by atoms with Crippen LogP contribution in [0.15, 0.2) is 30.3 Å². The van der Waals surface area contributed by atoms with E-state index < -0.39 is 11.9 Å². The maximum absolute atomic E-state index is 12.1. The number of carboxylic acid groups (broad SMARTS) is 1. The van der Waals surface area contributed by atoms with Crippen LogP contribution in [-0.4, -0.2) is 47.7 Å². The van der Waals surface area contributed by atoms with Gasteiger partial charge in [-0.05, 0) is 31.9 Å². The van der Waals surface area contributed by atoms with Gasteiger partial charge in [0.1, 0.15) is 11.9 Å². The Morgan fingerprint density at radius 3 is 2.82 bits per heavy atom. The molecule has 22 heavy (non-hydrogen) atoms. The van der Waals surface area contributed by atoms with Gasteiger partial charge in [-0.3, -0.25) is 4.79 Å². The van der Waals surface area contributed by atoms with Crippen molar-refractivity contribution in [2.75, 3.05) is 19.6 Å². The number of ether oxygens (including phenoxy) is 1. The van der Waals surface area contributed by atoms with Crippen molar-refractivity contribution in [1.29, 1.82) is 0 Å². The summed E-state index contributed by atoms with van der Waals surface area (Å²) in [6.45, 7) is 3.13. The lowest BCUT2D eigenvalue weighted by Crippen LogP contribution is -2.48. The first kappa shape index (κ1) is 16.1. The molecule has 0 aliphatic carbocycles. The highest BCUT2D eigenvalue weighted by molar-refractivity contribution is 5.76.